The van der Waals surface area contributed by atoms with Gasteiger partial charge in [-0.05, 0) is 64.5 Å². The van der Waals surface area contributed by atoms with Crippen LogP contribution in [-0.2, 0) is 0 Å². The van der Waals surface area contributed by atoms with Gasteiger partial charge in [-0.2, -0.15) is 0 Å². The topological polar surface area (TPSA) is 17.8 Å². The molecule has 0 radical (unpaired) electrons. The lowest BCUT2D eigenvalue weighted by Gasteiger charge is -2.15. The summed E-state index contributed by atoms with van der Waals surface area (Å²) in [5.74, 6) is 0. The molecule has 0 spiro atoms. The average molecular weight is 603 g/mol. The second kappa shape index (κ2) is 9.87. The Kier molecular flexibility index (Phi) is 5.48. The van der Waals surface area contributed by atoms with Crippen LogP contribution in [0.3, 0.4) is 0 Å². The molecule has 0 bridgehead atoms. The number of hydrogen-bond donors (Lipinski definition) is 0. The van der Waals surface area contributed by atoms with E-state index in [0.29, 0.717) is 0 Å². The summed E-state index contributed by atoms with van der Waals surface area (Å²) in [5.41, 5.74) is 9.47. The molecule has 214 valence electrons. The van der Waals surface area contributed by atoms with Crippen molar-refractivity contribution in [1.82, 2.24) is 9.55 Å². The van der Waals surface area contributed by atoms with Gasteiger partial charge < -0.3 is 4.57 Å². The first kappa shape index (κ1) is 25.5. The minimum atomic E-state index is 1.01. The van der Waals surface area contributed by atoms with Gasteiger partial charge in [-0.1, -0.05) is 109 Å². The van der Waals surface area contributed by atoms with E-state index in [9.17, 15) is 0 Å². The zero-order chi connectivity index (χ0) is 30.2. The SMILES string of the molecule is c1ccc(-n2c3ccccc3c3c(-c4cccc(-c5cccc6c5sc5ccccc56)c4)c4cnc5ccccc5c4cc32)cc1. The minimum absolute atomic E-state index is 1.01. The van der Waals surface area contributed by atoms with Crippen molar-refractivity contribution in [1.29, 1.82) is 0 Å². The smallest absolute Gasteiger partial charge is 0.0708 e. The molecule has 0 atom stereocenters. The summed E-state index contributed by atoms with van der Waals surface area (Å²) in [6.45, 7) is 0. The van der Waals surface area contributed by atoms with Gasteiger partial charge in [0.15, 0.2) is 0 Å². The van der Waals surface area contributed by atoms with Gasteiger partial charge in [-0.25, -0.2) is 0 Å². The molecule has 0 fully saturated rings. The summed E-state index contributed by atoms with van der Waals surface area (Å²) in [7, 11) is 0. The molecule has 0 aliphatic carbocycles. The quantitative estimate of drug-likeness (QED) is 0.184. The first-order valence-electron chi connectivity index (χ1n) is 15.6. The van der Waals surface area contributed by atoms with Crippen LogP contribution in [0.4, 0.5) is 0 Å². The Morgan fingerprint density at radius 3 is 2.11 bits per heavy atom. The van der Waals surface area contributed by atoms with Crippen LogP contribution in [0.25, 0.3) is 91.6 Å². The van der Waals surface area contributed by atoms with E-state index in [1.54, 1.807) is 0 Å². The van der Waals surface area contributed by atoms with Crippen LogP contribution in [0.5, 0.6) is 0 Å². The molecule has 0 aliphatic heterocycles. The van der Waals surface area contributed by atoms with Crippen LogP contribution in [0.15, 0.2) is 158 Å². The minimum Gasteiger partial charge on any atom is -0.309 e. The number of rotatable bonds is 3. The number of fused-ring (bicyclic) bond motifs is 9. The Bertz CT molecular complexity index is 2800. The average Bonchev–Trinajstić information content (AvgIpc) is 3.67. The fraction of sp³-hybridized carbons (Fsp3) is 0. The van der Waals surface area contributed by atoms with Gasteiger partial charge >= 0.3 is 0 Å². The molecule has 3 aromatic heterocycles. The Hall–Kier alpha value is -5.77. The second-order valence-corrected chi connectivity index (χ2v) is 13.0. The first-order valence-corrected chi connectivity index (χ1v) is 16.5. The molecule has 0 N–H and O–H groups in total. The molecule has 0 aliphatic rings. The van der Waals surface area contributed by atoms with E-state index in [2.05, 4.69) is 162 Å². The molecular weight excluding hydrogens is 577 g/mol. The number of nitrogens with zero attached hydrogens (tertiary/aromatic N) is 2. The van der Waals surface area contributed by atoms with E-state index in [1.807, 2.05) is 11.3 Å². The molecule has 0 saturated carbocycles. The highest BCUT2D eigenvalue weighted by atomic mass is 32.1. The number of benzene rings is 7. The summed E-state index contributed by atoms with van der Waals surface area (Å²) in [6, 6.07) is 55.0. The predicted octanol–water partition coefficient (Wildman–Crippen LogP) is 12.2. The fourth-order valence-electron chi connectivity index (χ4n) is 7.42. The van der Waals surface area contributed by atoms with Crippen molar-refractivity contribution in [3.63, 3.8) is 0 Å². The highest BCUT2D eigenvalue weighted by molar-refractivity contribution is 7.26. The zero-order valence-electron chi connectivity index (χ0n) is 24.8. The molecule has 2 nitrogen and oxygen atoms in total. The van der Waals surface area contributed by atoms with Crippen molar-refractivity contribution in [2.75, 3.05) is 0 Å². The Morgan fingerprint density at radius 2 is 1.20 bits per heavy atom. The number of aromatic nitrogens is 2. The molecule has 3 heterocycles. The third kappa shape index (κ3) is 3.67. The third-order valence-corrected chi connectivity index (χ3v) is 10.6. The van der Waals surface area contributed by atoms with Crippen molar-refractivity contribution < 1.29 is 0 Å². The molecule has 10 rings (SSSR count). The van der Waals surface area contributed by atoms with E-state index < -0.39 is 0 Å². The molecule has 3 heteroatoms. The van der Waals surface area contributed by atoms with Crippen molar-refractivity contribution in [2.24, 2.45) is 0 Å². The number of para-hydroxylation sites is 3. The van der Waals surface area contributed by atoms with Gasteiger partial charge in [0.1, 0.15) is 0 Å². The Balaban J connectivity index is 1.34. The lowest BCUT2D eigenvalue weighted by molar-refractivity contribution is 1.18. The van der Waals surface area contributed by atoms with E-state index in [4.69, 9.17) is 4.98 Å². The predicted molar refractivity (Wildman–Crippen MR) is 197 cm³/mol. The van der Waals surface area contributed by atoms with E-state index in [0.717, 1.165) is 11.2 Å². The van der Waals surface area contributed by atoms with Crippen LogP contribution in [0.1, 0.15) is 0 Å². The lowest BCUT2D eigenvalue weighted by Crippen LogP contribution is -1.94. The van der Waals surface area contributed by atoms with Crippen molar-refractivity contribution in [3.05, 3.63) is 158 Å². The van der Waals surface area contributed by atoms with Crippen LogP contribution in [-0.4, -0.2) is 9.55 Å². The van der Waals surface area contributed by atoms with Crippen molar-refractivity contribution in [3.8, 4) is 27.9 Å². The van der Waals surface area contributed by atoms with Crippen LogP contribution >= 0.6 is 11.3 Å². The summed E-state index contributed by atoms with van der Waals surface area (Å²) < 4.78 is 5.07. The molecule has 7 aromatic carbocycles. The monoisotopic (exact) mass is 602 g/mol. The Labute approximate surface area is 269 Å². The molecular formula is C43H26N2S. The largest absolute Gasteiger partial charge is 0.309 e. The Morgan fingerprint density at radius 1 is 0.478 bits per heavy atom. The van der Waals surface area contributed by atoms with Gasteiger partial charge in [0.05, 0.1) is 16.6 Å². The van der Waals surface area contributed by atoms with E-state index >= 15 is 0 Å². The summed E-state index contributed by atoms with van der Waals surface area (Å²) in [6.07, 6.45) is 2.08. The van der Waals surface area contributed by atoms with Crippen LogP contribution < -0.4 is 0 Å². The normalized spacial score (nSPS) is 11.9. The molecule has 10 aromatic rings. The second-order valence-electron chi connectivity index (χ2n) is 11.9. The highest BCUT2D eigenvalue weighted by Gasteiger charge is 2.21. The zero-order valence-corrected chi connectivity index (χ0v) is 25.6. The maximum absolute atomic E-state index is 4.99. The number of pyridine rings is 1. The van der Waals surface area contributed by atoms with Gasteiger partial charge in [0, 0.05) is 59.2 Å². The van der Waals surface area contributed by atoms with E-state index in [-0.39, 0.29) is 0 Å². The third-order valence-electron chi connectivity index (χ3n) is 9.41. The van der Waals surface area contributed by atoms with Gasteiger partial charge in [0.2, 0.25) is 0 Å². The van der Waals surface area contributed by atoms with Gasteiger partial charge in [-0.15, -0.1) is 11.3 Å². The molecule has 0 saturated heterocycles. The maximum Gasteiger partial charge on any atom is 0.0708 e. The standard InChI is InChI=1S/C43H26N2S/c1-2-14-29(15-3-1)45-38-22-8-5-18-34(38)42-39(45)25-35-31-16-4-7-21-37(31)44-26-36(35)41(42)28-13-10-12-27(24-28)30-19-11-20-33-32-17-6-9-23-40(32)46-43(30)33/h1-26H. The molecule has 0 amide bonds. The lowest BCUT2D eigenvalue weighted by atomic mass is 9.91. The van der Waals surface area contributed by atoms with Crippen LogP contribution in [0.2, 0.25) is 0 Å². The number of thiophene rings is 1. The van der Waals surface area contributed by atoms with Crippen molar-refractivity contribution in [2.45, 2.75) is 0 Å². The maximum atomic E-state index is 4.99. The number of hydrogen-bond acceptors (Lipinski definition) is 2. The van der Waals surface area contributed by atoms with Crippen molar-refractivity contribution >= 4 is 75.0 Å². The first-order chi connectivity index (χ1) is 22.8. The fourth-order valence-corrected chi connectivity index (χ4v) is 8.66. The van der Waals surface area contributed by atoms with Gasteiger partial charge in [0.25, 0.3) is 0 Å². The molecule has 46 heavy (non-hydrogen) atoms. The highest BCUT2D eigenvalue weighted by Crippen LogP contribution is 2.46. The van der Waals surface area contributed by atoms with E-state index in [1.165, 1.54) is 80.4 Å². The van der Waals surface area contributed by atoms with Crippen LogP contribution in [0, 0.1) is 0 Å². The summed E-state index contributed by atoms with van der Waals surface area (Å²) >= 11 is 1.88. The molecule has 0 unspecified atom stereocenters. The summed E-state index contributed by atoms with van der Waals surface area (Å²) in [4.78, 5) is 4.99. The van der Waals surface area contributed by atoms with Gasteiger partial charge in [-0.3, -0.25) is 4.98 Å². The summed E-state index contributed by atoms with van der Waals surface area (Å²) in [5, 5.41) is 8.67.